The van der Waals surface area contributed by atoms with Crippen LogP contribution in [0.3, 0.4) is 0 Å². The van der Waals surface area contributed by atoms with Gasteiger partial charge in [-0.3, -0.25) is 0 Å². The van der Waals surface area contributed by atoms with E-state index in [-0.39, 0.29) is 12.0 Å². The van der Waals surface area contributed by atoms with E-state index in [9.17, 15) is 0 Å². The molecule has 0 saturated carbocycles. The van der Waals surface area contributed by atoms with Crippen molar-refractivity contribution < 1.29 is 14.0 Å². The number of hydrogen-bond donors (Lipinski definition) is 1. The molecule has 3 heterocycles. The van der Waals surface area contributed by atoms with Crippen molar-refractivity contribution in [1.29, 1.82) is 0 Å². The molecule has 0 aromatic carbocycles. The molecule has 1 aromatic heterocycles. The number of rotatable bonds is 5. The zero-order valence-electron chi connectivity index (χ0n) is 11.9. The maximum atomic E-state index is 5.55. The van der Waals surface area contributed by atoms with Crippen LogP contribution in [0.15, 0.2) is 4.52 Å². The zero-order chi connectivity index (χ0) is 13.8. The van der Waals surface area contributed by atoms with E-state index in [1.807, 2.05) is 0 Å². The van der Waals surface area contributed by atoms with Gasteiger partial charge < -0.3 is 24.2 Å². The number of aromatic nitrogens is 2. The first kappa shape index (κ1) is 13.8. The van der Waals surface area contributed by atoms with Crippen LogP contribution in [0.1, 0.15) is 25.2 Å². The summed E-state index contributed by atoms with van der Waals surface area (Å²) in [5, 5.41) is 7.58. The number of nitrogens with one attached hydrogen (secondary N) is 1. The first-order valence-electron chi connectivity index (χ1n) is 7.36. The lowest BCUT2D eigenvalue weighted by Crippen LogP contribution is -2.37. The Morgan fingerprint density at radius 1 is 1.25 bits per heavy atom. The number of morpholine rings is 1. The van der Waals surface area contributed by atoms with Crippen molar-refractivity contribution in [3.05, 3.63) is 5.89 Å². The summed E-state index contributed by atoms with van der Waals surface area (Å²) >= 11 is 0. The van der Waals surface area contributed by atoms with Crippen LogP contribution in [0.4, 0.5) is 5.95 Å². The molecule has 3 rings (SSSR count). The number of nitrogens with zero attached hydrogens (tertiary/aromatic N) is 3. The molecule has 0 bridgehead atoms. The van der Waals surface area contributed by atoms with Crippen LogP contribution in [0.2, 0.25) is 0 Å². The summed E-state index contributed by atoms with van der Waals surface area (Å²) in [5.74, 6) is 1.51. The van der Waals surface area contributed by atoms with Gasteiger partial charge in [-0.15, -0.1) is 0 Å². The maximum absolute atomic E-state index is 5.55. The minimum absolute atomic E-state index is 0.156. The van der Waals surface area contributed by atoms with Crippen LogP contribution in [-0.2, 0) is 9.47 Å². The van der Waals surface area contributed by atoms with Crippen molar-refractivity contribution in [2.75, 3.05) is 51.0 Å². The molecule has 1 aromatic rings. The molecule has 20 heavy (non-hydrogen) atoms. The van der Waals surface area contributed by atoms with Gasteiger partial charge in [-0.25, -0.2) is 0 Å². The highest BCUT2D eigenvalue weighted by Gasteiger charge is 2.34. The van der Waals surface area contributed by atoms with E-state index in [0.717, 1.165) is 39.3 Å². The van der Waals surface area contributed by atoms with Crippen molar-refractivity contribution in [1.82, 2.24) is 15.5 Å². The molecule has 0 aliphatic carbocycles. The molecule has 1 N–H and O–H groups in total. The molecule has 0 spiro atoms. The Balaban J connectivity index is 1.65. The summed E-state index contributed by atoms with van der Waals surface area (Å²) in [6, 6.07) is 0.271. The van der Waals surface area contributed by atoms with Crippen LogP contribution in [0.5, 0.6) is 0 Å². The minimum Gasteiger partial charge on any atom is -0.379 e. The van der Waals surface area contributed by atoms with Crippen molar-refractivity contribution in [3.8, 4) is 0 Å². The average Bonchev–Trinajstić information content (AvgIpc) is 3.14. The maximum Gasteiger partial charge on any atom is 0.266 e. The summed E-state index contributed by atoms with van der Waals surface area (Å²) in [7, 11) is 0. The molecule has 2 saturated heterocycles. The number of hydrogen-bond acceptors (Lipinski definition) is 7. The molecule has 112 valence electrons. The van der Waals surface area contributed by atoms with E-state index in [0.29, 0.717) is 25.1 Å². The van der Waals surface area contributed by atoms with Crippen LogP contribution in [-0.4, -0.2) is 62.2 Å². The first-order valence-corrected chi connectivity index (χ1v) is 7.36. The molecule has 2 fully saturated rings. The summed E-state index contributed by atoms with van der Waals surface area (Å²) in [4.78, 5) is 6.64. The van der Waals surface area contributed by atoms with Gasteiger partial charge in [0.05, 0.1) is 32.3 Å². The van der Waals surface area contributed by atoms with Gasteiger partial charge in [-0.2, -0.15) is 4.98 Å². The van der Waals surface area contributed by atoms with Gasteiger partial charge in [-0.1, -0.05) is 6.92 Å². The molecule has 2 atom stereocenters. The van der Waals surface area contributed by atoms with Gasteiger partial charge in [0.2, 0.25) is 5.89 Å². The Labute approximate surface area is 118 Å². The molecular formula is C13H22N4O3. The van der Waals surface area contributed by atoms with E-state index >= 15 is 0 Å². The topological polar surface area (TPSA) is 72.7 Å². The van der Waals surface area contributed by atoms with E-state index in [4.69, 9.17) is 14.0 Å². The van der Waals surface area contributed by atoms with E-state index in [1.165, 1.54) is 0 Å². The molecule has 2 aliphatic rings. The fourth-order valence-electron chi connectivity index (χ4n) is 2.60. The van der Waals surface area contributed by atoms with E-state index in [2.05, 4.69) is 27.3 Å². The third-order valence-electron chi connectivity index (χ3n) is 3.78. The summed E-state index contributed by atoms with van der Waals surface area (Å²) in [6.45, 7) is 7.56. The molecule has 7 nitrogen and oxygen atoms in total. The Kier molecular flexibility index (Phi) is 4.49. The van der Waals surface area contributed by atoms with E-state index < -0.39 is 0 Å². The van der Waals surface area contributed by atoms with Gasteiger partial charge in [0.25, 0.3) is 5.95 Å². The van der Waals surface area contributed by atoms with Gasteiger partial charge in [0, 0.05) is 19.1 Å². The Hall–Kier alpha value is -1.18. The van der Waals surface area contributed by atoms with E-state index in [1.54, 1.807) is 0 Å². The quantitative estimate of drug-likeness (QED) is 0.837. The second-order valence-electron chi connectivity index (χ2n) is 5.24. The van der Waals surface area contributed by atoms with Gasteiger partial charge in [0.15, 0.2) is 0 Å². The largest absolute Gasteiger partial charge is 0.379 e. The van der Waals surface area contributed by atoms with Crippen molar-refractivity contribution in [2.45, 2.75) is 25.3 Å². The Bertz CT molecular complexity index is 420. The molecule has 7 heteroatoms. The molecule has 2 unspecified atom stereocenters. The molecule has 2 aliphatic heterocycles. The standard InChI is InChI=1S/C13H22N4O3/c1-2-3-14-11-9-19-8-10(11)12-15-13(16-20-12)17-4-6-18-7-5-17/h10-11,14H,2-9H2,1H3. The average molecular weight is 282 g/mol. The number of anilines is 1. The SMILES string of the molecule is CCCNC1COCC1c1nc(N2CCOCC2)no1. The van der Waals surface area contributed by atoms with Crippen molar-refractivity contribution >= 4 is 5.95 Å². The van der Waals surface area contributed by atoms with Gasteiger partial charge >= 0.3 is 0 Å². The molecule has 0 radical (unpaired) electrons. The normalized spacial score (nSPS) is 27.1. The lowest BCUT2D eigenvalue weighted by atomic mass is 10.0. The predicted octanol–water partition coefficient (Wildman–Crippen LogP) is 0.388. The highest BCUT2D eigenvalue weighted by Crippen LogP contribution is 2.26. The lowest BCUT2D eigenvalue weighted by molar-refractivity contribution is 0.121. The van der Waals surface area contributed by atoms with Gasteiger partial charge in [0.1, 0.15) is 0 Å². The predicted molar refractivity (Wildman–Crippen MR) is 73.0 cm³/mol. The third-order valence-corrected chi connectivity index (χ3v) is 3.78. The van der Waals surface area contributed by atoms with Crippen molar-refractivity contribution in [3.63, 3.8) is 0 Å². The fraction of sp³-hybridized carbons (Fsp3) is 0.846. The first-order chi connectivity index (χ1) is 9.88. The van der Waals surface area contributed by atoms with Crippen LogP contribution in [0, 0.1) is 0 Å². The van der Waals surface area contributed by atoms with Crippen LogP contribution >= 0.6 is 0 Å². The summed E-state index contributed by atoms with van der Waals surface area (Å²) in [5.41, 5.74) is 0. The Morgan fingerprint density at radius 2 is 2.10 bits per heavy atom. The monoisotopic (exact) mass is 282 g/mol. The fourth-order valence-corrected chi connectivity index (χ4v) is 2.60. The highest BCUT2D eigenvalue weighted by atomic mass is 16.5. The smallest absolute Gasteiger partial charge is 0.266 e. The van der Waals surface area contributed by atoms with Crippen LogP contribution in [0.25, 0.3) is 0 Å². The van der Waals surface area contributed by atoms with Gasteiger partial charge in [-0.05, 0) is 18.1 Å². The minimum atomic E-state index is 0.156. The number of ether oxygens (including phenoxy) is 2. The summed E-state index contributed by atoms with van der Waals surface area (Å²) < 4.78 is 16.3. The molecular weight excluding hydrogens is 260 g/mol. The highest BCUT2D eigenvalue weighted by molar-refractivity contribution is 5.28. The Morgan fingerprint density at radius 3 is 2.90 bits per heavy atom. The lowest BCUT2D eigenvalue weighted by Gasteiger charge is -2.24. The summed E-state index contributed by atoms with van der Waals surface area (Å²) in [6.07, 6.45) is 1.10. The van der Waals surface area contributed by atoms with Crippen LogP contribution < -0.4 is 10.2 Å². The second-order valence-corrected chi connectivity index (χ2v) is 5.24. The second kappa shape index (κ2) is 6.51. The zero-order valence-corrected chi connectivity index (χ0v) is 11.9. The molecule has 0 amide bonds. The third kappa shape index (κ3) is 2.94. The van der Waals surface area contributed by atoms with Crippen molar-refractivity contribution in [2.24, 2.45) is 0 Å².